The van der Waals surface area contributed by atoms with Crippen LogP contribution in [0.2, 0.25) is 0 Å². The number of carbonyl (C=O) groups excluding carboxylic acids is 1. The van der Waals surface area contributed by atoms with Crippen molar-refractivity contribution in [3.63, 3.8) is 0 Å². The maximum Gasteiger partial charge on any atom is 0.221 e. The van der Waals surface area contributed by atoms with Crippen LogP contribution in [0, 0.1) is 11.3 Å². The zero-order valence-corrected chi connectivity index (χ0v) is 11.3. The van der Waals surface area contributed by atoms with Crippen LogP contribution in [0.3, 0.4) is 0 Å². The second-order valence-electron chi connectivity index (χ2n) is 4.96. The second-order valence-corrected chi connectivity index (χ2v) is 4.96. The van der Waals surface area contributed by atoms with Gasteiger partial charge in [0.1, 0.15) is 5.54 Å². The fourth-order valence-corrected chi connectivity index (χ4v) is 2.41. The molecule has 1 saturated carbocycles. The summed E-state index contributed by atoms with van der Waals surface area (Å²) in [5.74, 6) is -0.0156. The maximum atomic E-state index is 11.8. The van der Waals surface area contributed by atoms with Gasteiger partial charge in [0.2, 0.25) is 5.91 Å². The van der Waals surface area contributed by atoms with Gasteiger partial charge in [-0.15, -0.1) is 0 Å². The van der Waals surface area contributed by atoms with Gasteiger partial charge in [-0.25, -0.2) is 0 Å². The van der Waals surface area contributed by atoms with Gasteiger partial charge in [-0.3, -0.25) is 4.79 Å². The van der Waals surface area contributed by atoms with Crippen LogP contribution in [-0.4, -0.2) is 24.7 Å². The third kappa shape index (κ3) is 5.05. The fraction of sp³-hybridized carbons (Fsp3) is 0.857. The van der Waals surface area contributed by atoms with Crippen molar-refractivity contribution in [1.82, 2.24) is 5.32 Å². The lowest BCUT2D eigenvalue weighted by Gasteiger charge is -2.26. The Morgan fingerprint density at radius 1 is 1.33 bits per heavy atom. The number of hydrogen-bond acceptors (Lipinski definition) is 3. The summed E-state index contributed by atoms with van der Waals surface area (Å²) in [6, 6.07) is 2.33. The van der Waals surface area contributed by atoms with Crippen molar-refractivity contribution >= 4 is 5.91 Å². The molecule has 102 valence electrons. The molecule has 0 aromatic rings. The maximum absolute atomic E-state index is 11.8. The first kappa shape index (κ1) is 15.0. The quantitative estimate of drug-likeness (QED) is 0.583. The number of ether oxygens (including phenoxy) is 1. The average Bonchev–Trinajstić information content (AvgIpc) is 2.61. The molecule has 0 aromatic heterocycles. The van der Waals surface area contributed by atoms with Gasteiger partial charge in [0.05, 0.1) is 6.07 Å². The van der Waals surface area contributed by atoms with Crippen molar-refractivity contribution < 1.29 is 9.53 Å². The molecule has 0 aliphatic heterocycles. The van der Waals surface area contributed by atoms with Crippen LogP contribution in [0.25, 0.3) is 0 Å². The SMILES string of the molecule is CCOCCCC(=O)NC1(C#N)CCCCCC1. The lowest BCUT2D eigenvalue weighted by atomic mass is 9.91. The zero-order chi connectivity index (χ0) is 13.3. The van der Waals surface area contributed by atoms with Crippen molar-refractivity contribution in [2.45, 2.75) is 63.8 Å². The number of amides is 1. The Morgan fingerprint density at radius 3 is 2.56 bits per heavy atom. The Morgan fingerprint density at radius 2 is 2.00 bits per heavy atom. The predicted molar refractivity (Wildman–Crippen MR) is 69.9 cm³/mol. The number of nitriles is 1. The molecule has 1 fully saturated rings. The van der Waals surface area contributed by atoms with Crippen molar-refractivity contribution in [2.75, 3.05) is 13.2 Å². The smallest absolute Gasteiger partial charge is 0.221 e. The highest BCUT2D eigenvalue weighted by molar-refractivity contribution is 5.77. The summed E-state index contributed by atoms with van der Waals surface area (Å²) in [6.45, 7) is 3.24. The first-order valence-electron chi connectivity index (χ1n) is 7.02. The Hall–Kier alpha value is -1.08. The third-order valence-corrected chi connectivity index (χ3v) is 3.45. The van der Waals surface area contributed by atoms with Gasteiger partial charge >= 0.3 is 0 Å². The van der Waals surface area contributed by atoms with Crippen LogP contribution in [0.4, 0.5) is 0 Å². The van der Waals surface area contributed by atoms with Gasteiger partial charge in [0, 0.05) is 19.6 Å². The molecule has 0 bridgehead atoms. The van der Waals surface area contributed by atoms with Crippen LogP contribution in [-0.2, 0) is 9.53 Å². The number of nitrogens with zero attached hydrogens (tertiary/aromatic N) is 1. The number of rotatable bonds is 6. The summed E-state index contributed by atoms with van der Waals surface area (Å²) in [4.78, 5) is 11.8. The van der Waals surface area contributed by atoms with Crippen LogP contribution < -0.4 is 5.32 Å². The molecule has 1 N–H and O–H groups in total. The average molecular weight is 252 g/mol. The Kier molecular flexibility index (Phi) is 6.74. The first-order valence-corrected chi connectivity index (χ1v) is 7.02. The molecule has 4 nitrogen and oxygen atoms in total. The van der Waals surface area contributed by atoms with E-state index in [4.69, 9.17) is 4.74 Å². The molecule has 1 rings (SSSR count). The molecule has 0 atom stereocenters. The lowest BCUT2D eigenvalue weighted by molar-refractivity contribution is -0.122. The van der Waals surface area contributed by atoms with Gasteiger partial charge < -0.3 is 10.1 Å². The summed E-state index contributed by atoms with van der Waals surface area (Å²) in [5.41, 5.74) is -0.612. The van der Waals surface area contributed by atoms with Gasteiger partial charge in [0.25, 0.3) is 0 Å². The van der Waals surface area contributed by atoms with Crippen molar-refractivity contribution in [2.24, 2.45) is 0 Å². The summed E-state index contributed by atoms with van der Waals surface area (Å²) < 4.78 is 5.20. The minimum absolute atomic E-state index is 0.0156. The molecule has 4 heteroatoms. The minimum atomic E-state index is -0.612. The summed E-state index contributed by atoms with van der Waals surface area (Å²) in [5, 5.41) is 12.3. The summed E-state index contributed by atoms with van der Waals surface area (Å²) in [7, 11) is 0. The van der Waals surface area contributed by atoms with E-state index in [1.54, 1.807) is 0 Å². The molecule has 1 aliphatic rings. The molecule has 0 radical (unpaired) electrons. The van der Waals surface area contributed by atoms with E-state index in [2.05, 4.69) is 11.4 Å². The van der Waals surface area contributed by atoms with Gasteiger partial charge in [-0.05, 0) is 26.2 Å². The highest BCUT2D eigenvalue weighted by Gasteiger charge is 2.32. The number of carbonyl (C=O) groups is 1. The molecule has 0 aromatic carbocycles. The molecule has 0 unspecified atom stereocenters. The van der Waals surface area contributed by atoms with E-state index in [0.717, 1.165) is 32.1 Å². The van der Waals surface area contributed by atoms with E-state index in [1.165, 1.54) is 12.8 Å². The Labute approximate surface area is 110 Å². The predicted octanol–water partition coefficient (Wildman–Crippen LogP) is 2.54. The van der Waals surface area contributed by atoms with E-state index in [1.807, 2.05) is 6.92 Å². The van der Waals surface area contributed by atoms with Gasteiger partial charge in [-0.2, -0.15) is 5.26 Å². The van der Waals surface area contributed by atoms with Crippen LogP contribution >= 0.6 is 0 Å². The zero-order valence-electron chi connectivity index (χ0n) is 11.3. The molecule has 0 heterocycles. The summed E-state index contributed by atoms with van der Waals surface area (Å²) >= 11 is 0. The van der Waals surface area contributed by atoms with Gasteiger partial charge in [0.15, 0.2) is 0 Å². The summed E-state index contributed by atoms with van der Waals surface area (Å²) in [6.07, 6.45) is 7.17. The fourth-order valence-electron chi connectivity index (χ4n) is 2.41. The molecule has 18 heavy (non-hydrogen) atoms. The van der Waals surface area contributed by atoms with Crippen LogP contribution in [0.15, 0.2) is 0 Å². The molecule has 0 spiro atoms. The van der Waals surface area contributed by atoms with Crippen molar-refractivity contribution in [3.8, 4) is 6.07 Å². The second kappa shape index (κ2) is 8.10. The van der Waals surface area contributed by atoms with E-state index in [0.29, 0.717) is 19.6 Å². The van der Waals surface area contributed by atoms with E-state index < -0.39 is 5.54 Å². The van der Waals surface area contributed by atoms with Crippen LogP contribution in [0.5, 0.6) is 0 Å². The molecular weight excluding hydrogens is 228 g/mol. The van der Waals surface area contributed by atoms with Crippen molar-refractivity contribution in [1.29, 1.82) is 5.26 Å². The van der Waals surface area contributed by atoms with Crippen molar-refractivity contribution in [3.05, 3.63) is 0 Å². The minimum Gasteiger partial charge on any atom is -0.382 e. The highest BCUT2D eigenvalue weighted by atomic mass is 16.5. The standard InChI is InChI=1S/C14H24N2O2/c1-2-18-11-7-8-13(17)16-14(12-15)9-5-3-4-6-10-14/h2-11H2,1H3,(H,16,17). The van der Waals surface area contributed by atoms with E-state index in [9.17, 15) is 10.1 Å². The van der Waals surface area contributed by atoms with Crippen LogP contribution in [0.1, 0.15) is 58.3 Å². The topological polar surface area (TPSA) is 62.1 Å². The molecule has 1 amide bonds. The largest absolute Gasteiger partial charge is 0.382 e. The Bertz CT molecular complexity index is 289. The Balaban J connectivity index is 2.37. The normalized spacial score (nSPS) is 18.7. The molecule has 1 aliphatic carbocycles. The lowest BCUT2D eigenvalue weighted by Crippen LogP contribution is -2.47. The number of hydrogen-bond donors (Lipinski definition) is 1. The highest BCUT2D eigenvalue weighted by Crippen LogP contribution is 2.26. The first-order chi connectivity index (χ1) is 8.72. The third-order valence-electron chi connectivity index (χ3n) is 3.45. The van der Waals surface area contributed by atoms with E-state index in [-0.39, 0.29) is 5.91 Å². The van der Waals surface area contributed by atoms with Gasteiger partial charge in [-0.1, -0.05) is 25.7 Å². The molecule has 0 saturated heterocycles. The van der Waals surface area contributed by atoms with E-state index >= 15 is 0 Å². The number of nitrogens with one attached hydrogen (secondary N) is 1. The molecular formula is C14H24N2O2. The monoisotopic (exact) mass is 252 g/mol.